The molecule has 1 N–H and O–H groups in total. The number of hydrogen-bond donors (Lipinski definition) is 1. The van der Waals surface area contributed by atoms with Crippen LogP contribution < -0.4 is 5.32 Å². The molecular formula is C43H62I3NO5. The summed E-state index contributed by atoms with van der Waals surface area (Å²) < 4.78 is 14.0. The fourth-order valence-electron chi connectivity index (χ4n) is 11.1. The van der Waals surface area contributed by atoms with Gasteiger partial charge in [-0.3, -0.25) is 14.4 Å². The Morgan fingerprint density at radius 3 is 2.40 bits per heavy atom. The second-order valence-electron chi connectivity index (χ2n) is 17.5. The second kappa shape index (κ2) is 18.2. The number of carbonyl (C=O) groups excluding carboxylic acids is 3. The zero-order chi connectivity index (χ0) is 38.0. The molecule has 0 radical (unpaired) electrons. The Balaban J connectivity index is 1.21. The summed E-state index contributed by atoms with van der Waals surface area (Å²) in [6.07, 6.45) is 17.7. The van der Waals surface area contributed by atoms with Gasteiger partial charge < -0.3 is 14.8 Å². The molecule has 1 aromatic carbocycles. The molecule has 3 fully saturated rings. The lowest BCUT2D eigenvalue weighted by Gasteiger charge is -2.58. The number of esters is 2. The molecule has 0 bridgehead atoms. The van der Waals surface area contributed by atoms with Crippen molar-refractivity contribution in [3.05, 3.63) is 34.0 Å². The van der Waals surface area contributed by atoms with E-state index in [2.05, 4.69) is 125 Å². The van der Waals surface area contributed by atoms with E-state index in [0.29, 0.717) is 18.3 Å². The van der Waals surface area contributed by atoms with Crippen LogP contribution >= 0.6 is 67.8 Å². The highest BCUT2D eigenvalue weighted by molar-refractivity contribution is 14.1. The number of ether oxygens (including phenoxy) is 2. The van der Waals surface area contributed by atoms with Crippen molar-refractivity contribution in [1.82, 2.24) is 0 Å². The van der Waals surface area contributed by atoms with Crippen LogP contribution in [0.3, 0.4) is 0 Å². The highest BCUT2D eigenvalue weighted by Crippen LogP contribution is 2.67. The number of carbonyl (C=O) groups is 3. The van der Waals surface area contributed by atoms with Gasteiger partial charge in [0.05, 0.1) is 25.1 Å². The average Bonchev–Trinajstić information content (AvgIpc) is 3.46. The van der Waals surface area contributed by atoms with Gasteiger partial charge in [0.25, 0.3) is 0 Å². The van der Waals surface area contributed by atoms with E-state index in [-0.39, 0.29) is 42.2 Å². The molecule has 4 unspecified atom stereocenters. The van der Waals surface area contributed by atoms with Crippen molar-refractivity contribution in [3.63, 3.8) is 0 Å². The third-order valence-electron chi connectivity index (χ3n) is 14.1. The Hall–Kier alpha value is -0.440. The molecule has 0 saturated heterocycles. The predicted molar refractivity (Wildman–Crippen MR) is 235 cm³/mol. The van der Waals surface area contributed by atoms with Gasteiger partial charge in [0, 0.05) is 23.6 Å². The summed E-state index contributed by atoms with van der Waals surface area (Å²) in [6.45, 7) is 14.6. The summed E-state index contributed by atoms with van der Waals surface area (Å²) in [6, 6.07) is 2.05. The first-order chi connectivity index (χ1) is 24.6. The molecule has 0 spiro atoms. The van der Waals surface area contributed by atoms with E-state index >= 15 is 0 Å². The number of rotatable bonds is 14. The van der Waals surface area contributed by atoms with Crippen LogP contribution in [0.1, 0.15) is 137 Å². The second-order valence-corrected chi connectivity index (χ2v) is 20.9. The van der Waals surface area contributed by atoms with E-state index in [9.17, 15) is 14.4 Å². The number of halogens is 3. The minimum absolute atomic E-state index is 0.0351. The van der Waals surface area contributed by atoms with Crippen molar-refractivity contribution in [2.45, 2.75) is 144 Å². The minimum Gasteiger partial charge on any atom is -0.469 e. The van der Waals surface area contributed by atoms with Gasteiger partial charge >= 0.3 is 11.9 Å². The lowest BCUT2D eigenvalue weighted by molar-refractivity contribution is -0.156. The minimum atomic E-state index is -0.407. The van der Waals surface area contributed by atoms with Gasteiger partial charge in [-0.15, -0.1) is 0 Å². The molecule has 0 heterocycles. The Kier molecular flexibility index (Phi) is 15.0. The molecule has 9 heteroatoms. The quantitative estimate of drug-likeness (QED) is 0.114. The first kappa shape index (κ1) is 42.7. The van der Waals surface area contributed by atoms with Gasteiger partial charge in [-0.25, -0.2) is 0 Å². The smallest absolute Gasteiger partial charge is 0.309 e. The Morgan fingerprint density at radius 1 is 0.962 bits per heavy atom. The molecule has 4 aliphatic rings. The molecular weight excluding hydrogens is 991 g/mol. The number of anilines is 1. The monoisotopic (exact) mass is 1050 g/mol. The lowest BCUT2D eigenvalue weighted by Crippen LogP contribution is -2.51. The first-order valence-corrected chi connectivity index (χ1v) is 23.3. The highest BCUT2D eigenvalue weighted by Gasteiger charge is 2.59. The van der Waals surface area contributed by atoms with E-state index in [1.165, 1.54) is 58.5 Å². The first-order valence-electron chi connectivity index (χ1n) is 20.1. The van der Waals surface area contributed by atoms with Crippen LogP contribution in [-0.4, -0.2) is 31.1 Å². The van der Waals surface area contributed by atoms with Gasteiger partial charge in [0.15, 0.2) is 0 Å². The topological polar surface area (TPSA) is 81.7 Å². The van der Waals surface area contributed by atoms with Crippen LogP contribution in [0.15, 0.2) is 17.7 Å². The molecule has 52 heavy (non-hydrogen) atoms. The molecule has 3 saturated carbocycles. The summed E-state index contributed by atoms with van der Waals surface area (Å²) in [7, 11) is 1.32. The molecule has 6 nitrogen and oxygen atoms in total. The van der Waals surface area contributed by atoms with Crippen LogP contribution in [0.4, 0.5) is 5.69 Å². The maximum absolute atomic E-state index is 13.8. The van der Waals surface area contributed by atoms with Crippen LogP contribution in [0.5, 0.6) is 0 Å². The zero-order valence-corrected chi connectivity index (χ0v) is 39.0. The molecule has 9 atom stereocenters. The number of amides is 1. The normalized spacial score (nSPS) is 30.8. The molecule has 1 amide bonds. The molecule has 1 aromatic rings. The zero-order valence-electron chi connectivity index (χ0n) is 32.6. The van der Waals surface area contributed by atoms with Gasteiger partial charge in [-0.05, 0) is 184 Å². The predicted octanol–water partition coefficient (Wildman–Crippen LogP) is 11.9. The van der Waals surface area contributed by atoms with E-state index in [0.717, 1.165) is 76.7 Å². The standard InChI is InChI=1S/C43H62I3NO5/c1-8-27(22-31-35(44)24-36(45)40(39(31)46)47-37(48)16-17-38(49)51-7)41(50)52-29-18-20-42(5)28(23-29)12-13-30-33-15-14-32(26(4)11-9-10-25(2)3)43(33,6)21-19-34(30)42/h12,24-27,29-30,32-34H,8-11,13-23H2,1-7H3,(H,47,48)/t26-,27?,29+,30?,32-,33?,34?,42+,43-/m1/s1. The summed E-state index contributed by atoms with van der Waals surface area (Å²) in [5.74, 6) is 3.90. The van der Waals surface area contributed by atoms with Crippen LogP contribution in [0.2, 0.25) is 0 Å². The van der Waals surface area contributed by atoms with Crippen molar-refractivity contribution in [2.24, 2.45) is 52.3 Å². The van der Waals surface area contributed by atoms with Crippen LogP contribution in [0, 0.1) is 63.0 Å². The van der Waals surface area contributed by atoms with Crippen molar-refractivity contribution >= 4 is 91.3 Å². The molecule has 4 aliphatic carbocycles. The maximum Gasteiger partial charge on any atom is 0.309 e. The number of fused-ring (bicyclic) bond motifs is 5. The Bertz CT molecular complexity index is 1510. The summed E-state index contributed by atoms with van der Waals surface area (Å²) in [5.41, 5.74) is 4.06. The number of hydrogen-bond acceptors (Lipinski definition) is 5. The summed E-state index contributed by atoms with van der Waals surface area (Å²) in [4.78, 5) is 38.1. The third-order valence-corrected chi connectivity index (χ3v) is 17.1. The SMILES string of the molecule is CCC(Cc1c(I)cc(I)c(NC(=O)CCC(=O)OC)c1I)C(=O)O[C@H]1CC[C@@]2(C)C(=CCC3C2CC[C@@]2(C)C3CC[C@@H]2[C@H](C)CCCC(C)C)C1. The largest absolute Gasteiger partial charge is 0.469 e. The third kappa shape index (κ3) is 9.22. The van der Waals surface area contributed by atoms with Gasteiger partial charge in [-0.1, -0.05) is 72.5 Å². The van der Waals surface area contributed by atoms with Gasteiger partial charge in [0.1, 0.15) is 6.10 Å². The Labute approximate surface area is 354 Å². The molecule has 0 aliphatic heterocycles. The van der Waals surface area contributed by atoms with Crippen molar-refractivity contribution < 1.29 is 23.9 Å². The Morgan fingerprint density at radius 2 is 1.71 bits per heavy atom. The van der Waals surface area contributed by atoms with E-state index in [4.69, 9.17) is 4.74 Å². The van der Waals surface area contributed by atoms with E-state index < -0.39 is 5.97 Å². The average molecular weight is 1050 g/mol. The number of benzene rings is 1. The van der Waals surface area contributed by atoms with Crippen molar-refractivity contribution in [1.29, 1.82) is 0 Å². The summed E-state index contributed by atoms with van der Waals surface area (Å²) in [5, 5.41) is 3.01. The molecule has 5 rings (SSSR count). The van der Waals surface area contributed by atoms with E-state index in [1.807, 2.05) is 6.07 Å². The number of allylic oxidation sites excluding steroid dienone is 1. The summed E-state index contributed by atoms with van der Waals surface area (Å²) >= 11 is 6.86. The number of nitrogens with one attached hydrogen (secondary N) is 1. The van der Waals surface area contributed by atoms with Gasteiger partial charge in [-0.2, -0.15) is 0 Å². The van der Waals surface area contributed by atoms with Crippen molar-refractivity contribution in [2.75, 3.05) is 12.4 Å². The highest BCUT2D eigenvalue weighted by atomic mass is 127. The molecule has 0 aromatic heterocycles. The lowest BCUT2D eigenvalue weighted by atomic mass is 9.47. The molecule has 290 valence electrons. The van der Waals surface area contributed by atoms with Crippen LogP contribution in [0.25, 0.3) is 0 Å². The van der Waals surface area contributed by atoms with E-state index in [1.54, 1.807) is 5.57 Å². The fraction of sp³-hybridized carbons (Fsp3) is 0.744. The van der Waals surface area contributed by atoms with Crippen molar-refractivity contribution in [3.8, 4) is 0 Å². The number of methoxy groups -OCH3 is 1. The van der Waals surface area contributed by atoms with Crippen LogP contribution in [-0.2, 0) is 30.3 Å². The maximum atomic E-state index is 13.8. The van der Waals surface area contributed by atoms with Gasteiger partial charge in [0.2, 0.25) is 5.91 Å². The fourth-order valence-corrected chi connectivity index (χ4v) is 15.2.